The predicted molar refractivity (Wildman–Crippen MR) is 140 cm³/mol. The van der Waals surface area contributed by atoms with Gasteiger partial charge in [0.1, 0.15) is 10.6 Å². The highest BCUT2D eigenvalue weighted by Crippen LogP contribution is 2.32. The number of nitrogens with zero attached hydrogens (tertiary/aromatic N) is 2. The molecule has 0 bridgehead atoms. The van der Waals surface area contributed by atoms with E-state index in [0.717, 1.165) is 22.4 Å². The van der Waals surface area contributed by atoms with E-state index in [1.807, 2.05) is 66.9 Å². The third-order valence-corrected chi connectivity index (χ3v) is 7.29. The number of aromatic nitrogens is 2. The van der Waals surface area contributed by atoms with Crippen LogP contribution >= 0.6 is 23.1 Å². The number of rotatable bonds is 9. The Morgan fingerprint density at radius 2 is 1.97 bits per heavy atom. The summed E-state index contributed by atoms with van der Waals surface area (Å²) in [6.07, 6.45) is 1.67. The number of amides is 1. The quantitative estimate of drug-likeness (QED) is 0.200. The first-order valence-electron chi connectivity index (χ1n) is 10.8. The van der Waals surface area contributed by atoms with Crippen LogP contribution in [0.5, 0.6) is 5.75 Å². The lowest BCUT2D eigenvalue weighted by molar-refractivity contribution is -0.120. The highest BCUT2D eigenvalue weighted by molar-refractivity contribution is 8.00. The van der Waals surface area contributed by atoms with E-state index in [2.05, 4.69) is 11.9 Å². The Labute approximate surface area is 206 Å². The van der Waals surface area contributed by atoms with Gasteiger partial charge < -0.3 is 10.1 Å². The normalized spacial score (nSPS) is 11.8. The van der Waals surface area contributed by atoms with Crippen LogP contribution in [-0.4, -0.2) is 27.8 Å². The fourth-order valence-electron chi connectivity index (χ4n) is 3.50. The highest BCUT2D eigenvalue weighted by atomic mass is 32.2. The van der Waals surface area contributed by atoms with E-state index >= 15 is 0 Å². The predicted octanol–water partition coefficient (Wildman–Crippen LogP) is 5.12. The Balaban J connectivity index is 1.56. The molecular weight excluding hydrogens is 466 g/mol. The zero-order valence-corrected chi connectivity index (χ0v) is 20.6. The number of ether oxygens (including phenoxy) is 1. The summed E-state index contributed by atoms with van der Waals surface area (Å²) < 4.78 is 6.76. The summed E-state index contributed by atoms with van der Waals surface area (Å²) in [5.74, 6) is 0.640. The van der Waals surface area contributed by atoms with Crippen molar-refractivity contribution >= 4 is 39.2 Å². The molecule has 1 atom stereocenters. The molecular formula is C26H25N3O3S2. The molecule has 0 aliphatic heterocycles. The molecule has 0 saturated carbocycles. The number of thioether (sulfide) groups is 1. The van der Waals surface area contributed by atoms with Crippen LogP contribution < -0.4 is 15.6 Å². The van der Waals surface area contributed by atoms with Crippen LogP contribution in [0.3, 0.4) is 0 Å². The van der Waals surface area contributed by atoms with Crippen molar-refractivity contribution in [3.63, 3.8) is 0 Å². The molecule has 2 aromatic heterocycles. The molecule has 0 unspecified atom stereocenters. The minimum Gasteiger partial charge on any atom is -0.497 e. The molecule has 4 aromatic rings. The van der Waals surface area contributed by atoms with Crippen LogP contribution in [0.2, 0.25) is 0 Å². The second kappa shape index (κ2) is 10.7. The number of thiophene rings is 1. The maximum atomic E-state index is 13.5. The fraction of sp³-hybridized carbons (Fsp3) is 0.192. The Morgan fingerprint density at radius 1 is 1.24 bits per heavy atom. The summed E-state index contributed by atoms with van der Waals surface area (Å²) in [5, 5.41) is 5.58. The van der Waals surface area contributed by atoms with Crippen LogP contribution in [-0.2, 0) is 17.9 Å². The molecule has 1 N–H and O–H groups in total. The number of benzene rings is 2. The van der Waals surface area contributed by atoms with Crippen LogP contribution in [0.4, 0.5) is 0 Å². The van der Waals surface area contributed by atoms with E-state index in [0.29, 0.717) is 28.5 Å². The van der Waals surface area contributed by atoms with E-state index in [1.165, 1.54) is 23.1 Å². The third-order valence-electron chi connectivity index (χ3n) is 5.33. The Bertz CT molecular complexity index is 1360. The van der Waals surface area contributed by atoms with Crippen molar-refractivity contribution in [2.24, 2.45) is 0 Å². The second-order valence-corrected chi connectivity index (χ2v) is 9.79. The molecule has 8 heteroatoms. The topological polar surface area (TPSA) is 73.2 Å². The monoisotopic (exact) mass is 491 g/mol. The number of allylic oxidation sites excluding steroid dienone is 1. The van der Waals surface area contributed by atoms with Crippen molar-refractivity contribution in [3.8, 4) is 16.9 Å². The van der Waals surface area contributed by atoms with E-state index in [-0.39, 0.29) is 11.5 Å². The number of nitrogens with one attached hydrogen (secondary N) is 1. The van der Waals surface area contributed by atoms with Crippen LogP contribution in [0.1, 0.15) is 12.5 Å². The van der Waals surface area contributed by atoms with E-state index in [1.54, 1.807) is 17.8 Å². The van der Waals surface area contributed by atoms with Crippen molar-refractivity contribution in [1.29, 1.82) is 0 Å². The molecule has 0 aliphatic carbocycles. The van der Waals surface area contributed by atoms with Crippen LogP contribution in [0.15, 0.2) is 82.6 Å². The average molecular weight is 492 g/mol. The smallest absolute Gasteiger partial charge is 0.263 e. The highest BCUT2D eigenvalue weighted by Gasteiger charge is 2.21. The summed E-state index contributed by atoms with van der Waals surface area (Å²) >= 11 is 2.71. The summed E-state index contributed by atoms with van der Waals surface area (Å²) in [4.78, 5) is 31.7. The number of hydrogen-bond donors (Lipinski definition) is 1. The molecule has 6 nitrogen and oxygen atoms in total. The van der Waals surface area contributed by atoms with Crippen LogP contribution in [0.25, 0.3) is 21.3 Å². The van der Waals surface area contributed by atoms with Gasteiger partial charge in [0.15, 0.2) is 5.16 Å². The molecule has 0 radical (unpaired) electrons. The lowest BCUT2D eigenvalue weighted by Crippen LogP contribution is -2.31. The van der Waals surface area contributed by atoms with Gasteiger partial charge in [-0.25, -0.2) is 4.98 Å². The number of carbonyl (C=O) groups is 1. The first-order chi connectivity index (χ1) is 16.5. The van der Waals surface area contributed by atoms with Crippen molar-refractivity contribution < 1.29 is 9.53 Å². The van der Waals surface area contributed by atoms with Crippen molar-refractivity contribution in [1.82, 2.24) is 14.9 Å². The molecule has 174 valence electrons. The second-order valence-electron chi connectivity index (χ2n) is 7.62. The molecule has 2 aromatic carbocycles. The first-order valence-corrected chi connectivity index (χ1v) is 12.5. The number of carbonyl (C=O) groups excluding carboxylic acids is 1. The van der Waals surface area contributed by atoms with E-state index in [4.69, 9.17) is 9.72 Å². The first kappa shape index (κ1) is 23.8. The zero-order valence-electron chi connectivity index (χ0n) is 19.0. The van der Waals surface area contributed by atoms with Gasteiger partial charge in [0, 0.05) is 24.0 Å². The molecule has 0 saturated heterocycles. The summed E-state index contributed by atoms with van der Waals surface area (Å²) in [6.45, 7) is 6.33. The molecule has 4 rings (SSSR count). The Kier molecular flexibility index (Phi) is 7.49. The number of hydrogen-bond acceptors (Lipinski definition) is 6. The largest absolute Gasteiger partial charge is 0.497 e. The van der Waals surface area contributed by atoms with Crippen molar-refractivity contribution in [2.45, 2.75) is 30.4 Å². The average Bonchev–Trinajstić information content (AvgIpc) is 3.29. The van der Waals surface area contributed by atoms with E-state index < -0.39 is 5.25 Å². The third kappa shape index (κ3) is 5.08. The van der Waals surface area contributed by atoms with Gasteiger partial charge in [-0.05, 0) is 30.2 Å². The van der Waals surface area contributed by atoms with Gasteiger partial charge in [-0.1, -0.05) is 60.3 Å². The maximum Gasteiger partial charge on any atom is 0.263 e. The molecule has 0 aliphatic rings. The molecule has 34 heavy (non-hydrogen) atoms. The lowest BCUT2D eigenvalue weighted by Gasteiger charge is -2.15. The molecule has 1 amide bonds. The van der Waals surface area contributed by atoms with Gasteiger partial charge in [-0.3, -0.25) is 14.2 Å². The minimum absolute atomic E-state index is 0.127. The van der Waals surface area contributed by atoms with Gasteiger partial charge in [0.05, 0.1) is 17.7 Å². The Morgan fingerprint density at radius 3 is 2.65 bits per heavy atom. The van der Waals surface area contributed by atoms with Gasteiger partial charge in [0.2, 0.25) is 5.91 Å². The number of fused-ring (bicyclic) bond motifs is 1. The molecule has 0 spiro atoms. The van der Waals surface area contributed by atoms with E-state index in [9.17, 15) is 9.59 Å². The summed E-state index contributed by atoms with van der Waals surface area (Å²) in [6, 6.07) is 17.4. The summed E-state index contributed by atoms with van der Waals surface area (Å²) in [7, 11) is 1.62. The van der Waals surface area contributed by atoms with Crippen molar-refractivity contribution in [3.05, 3.63) is 88.5 Å². The SMILES string of the molecule is C=CCn1c(S[C@H](C)C(=O)NCc2ccc(OC)cc2)nc2scc(-c3ccccc3)c2c1=O. The van der Waals surface area contributed by atoms with Crippen molar-refractivity contribution in [2.75, 3.05) is 7.11 Å². The van der Waals surface area contributed by atoms with Gasteiger partial charge in [-0.2, -0.15) is 0 Å². The lowest BCUT2D eigenvalue weighted by atomic mass is 10.1. The Hall–Kier alpha value is -3.36. The summed E-state index contributed by atoms with van der Waals surface area (Å²) in [5.41, 5.74) is 2.70. The fourth-order valence-corrected chi connectivity index (χ4v) is 5.43. The minimum atomic E-state index is -0.438. The zero-order chi connectivity index (χ0) is 24.1. The van der Waals surface area contributed by atoms with Gasteiger partial charge in [-0.15, -0.1) is 17.9 Å². The van der Waals surface area contributed by atoms with Gasteiger partial charge in [0.25, 0.3) is 5.56 Å². The maximum absolute atomic E-state index is 13.5. The standard InChI is InChI=1S/C26H25N3O3S2/c1-4-14-29-25(31)22-21(19-8-6-5-7-9-19)16-33-24(22)28-26(29)34-17(2)23(30)27-15-18-10-12-20(32-3)13-11-18/h4-13,16-17H,1,14-15H2,2-3H3,(H,27,30)/t17-/m1/s1. The van der Waals surface area contributed by atoms with Crippen LogP contribution in [0, 0.1) is 0 Å². The molecule has 2 heterocycles. The molecule has 0 fully saturated rings. The van der Waals surface area contributed by atoms with Gasteiger partial charge >= 0.3 is 0 Å². The number of methoxy groups -OCH3 is 1.